The molecule has 0 spiro atoms. The molecular formula is C17H17FN2O3S. The van der Waals surface area contributed by atoms with E-state index in [0.29, 0.717) is 18.5 Å². The quantitative estimate of drug-likeness (QED) is 0.899. The summed E-state index contributed by atoms with van der Waals surface area (Å²) in [5, 5.41) is 0. The molecule has 0 saturated carbocycles. The van der Waals surface area contributed by atoms with E-state index in [1.165, 1.54) is 24.3 Å². The summed E-state index contributed by atoms with van der Waals surface area (Å²) in [7, 11) is -3.74. The van der Waals surface area contributed by atoms with E-state index in [9.17, 15) is 17.6 Å². The van der Waals surface area contributed by atoms with Gasteiger partial charge in [0.15, 0.2) is 0 Å². The Balaban J connectivity index is 1.68. The van der Waals surface area contributed by atoms with E-state index < -0.39 is 21.9 Å². The van der Waals surface area contributed by atoms with Gasteiger partial charge in [-0.05, 0) is 36.2 Å². The second-order valence-corrected chi connectivity index (χ2v) is 7.43. The molecule has 1 fully saturated rings. The molecule has 126 valence electrons. The Morgan fingerprint density at radius 3 is 2.58 bits per heavy atom. The smallest absolute Gasteiger partial charge is 0.245 e. The predicted octanol–water partition coefficient (Wildman–Crippen LogP) is 2.05. The van der Waals surface area contributed by atoms with Gasteiger partial charge in [-0.25, -0.2) is 17.5 Å². The average molecular weight is 348 g/mol. The number of anilines is 1. The molecule has 0 unspecified atom stereocenters. The Morgan fingerprint density at radius 2 is 1.88 bits per heavy atom. The van der Waals surface area contributed by atoms with E-state index in [-0.39, 0.29) is 11.7 Å². The molecule has 1 amide bonds. The number of para-hydroxylation sites is 1. The van der Waals surface area contributed by atoms with Gasteiger partial charge in [-0.1, -0.05) is 30.3 Å². The van der Waals surface area contributed by atoms with Gasteiger partial charge >= 0.3 is 0 Å². The summed E-state index contributed by atoms with van der Waals surface area (Å²) < 4.78 is 40.1. The van der Waals surface area contributed by atoms with Crippen LogP contribution in [0.25, 0.3) is 0 Å². The van der Waals surface area contributed by atoms with Crippen molar-refractivity contribution in [1.29, 1.82) is 0 Å². The molecule has 1 N–H and O–H groups in total. The number of rotatable bonds is 5. The van der Waals surface area contributed by atoms with Crippen molar-refractivity contribution in [2.24, 2.45) is 0 Å². The fraction of sp³-hybridized carbons (Fsp3) is 0.235. The van der Waals surface area contributed by atoms with Crippen LogP contribution in [0.2, 0.25) is 0 Å². The maximum absolute atomic E-state index is 13.2. The van der Waals surface area contributed by atoms with Gasteiger partial charge in [-0.15, -0.1) is 0 Å². The highest BCUT2D eigenvalue weighted by Gasteiger charge is 2.35. The van der Waals surface area contributed by atoms with E-state index >= 15 is 0 Å². The third kappa shape index (κ3) is 3.80. The van der Waals surface area contributed by atoms with Gasteiger partial charge in [0.25, 0.3) is 0 Å². The largest absolute Gasteiger partial charge is 0.311 e. The zero-order chi connectivity index (χ0) is 17.2. The summed E-state index contributed by atoms with van der Waals surface area (Å²) in [4.78, 5) is 14.0. The zero-order valence-corrected chi connectivity index (χ0v) is 13.7. The molecule has 0 radical (unpaired) electrons. The van der Waals surface area contributed by atoms with Crippen molar-refractivity contribution in [3.8, 4) is 0 Å². The highest BCUT2D eigenvalue weighted by Crippen LogP contribution is 2.21. The lowest BCUT2D eigenvalue weighted by atomic mass is 10.2. The molecule has 0 aromatic heterocycles. The third-order valence-corrected chi connectivity index (χ3v) is 5.20. The number of hydrogen-bond donors (Lipinski definition) is 1. The minimum atomic E-state index is -3.74. The Hall–Kier alpha value is -2.25. The Kier molecular flexibility index (Phi) is 4.64. The molecule has 1 aliphatic heterocycles. The first-order valence-corrected chi connectivity index (χ1v) is 9.21. The first-order chi connectivity index (χ1) is 11.4. The molecule has 24 heavy (non-hydrogen) atoms. The SMILES string of the molecule is O=C1[C@H](NS(=O)(=O)Cc2cccc(F)c2)CCN1c1ccccc1. The van der Waals surface area contributed by atoms with Gasteiger partial charge in [0.05, 0.1) is 5.75 Å². The van der Waals surface area contributed by atoms with Crippen LogP contribution in [0.5, 0.6) is 0 Å². The fourth-order valence-corrected chi connectivity index (χ4v) is 4.11. The van der Waals surface area contributed by atoms with Crippen LogP contribution < -0.4 is 9.62 Å². The molecule has 0 aliphatic carbocycles. The van der Waals surface area contributed by atoms with Gasteiger partial charge in [0.2, 0.25) is 15.9 Å². The van der Waals surface area contributed by atoms with E-state index in [0.717, 1.165) is 5.69 Å². The lowest BCUT2D eigenvalue weighted by Crippen LogP contribution is -2.41. The van der Waals surface area contributed by atoms with Crippen molar-refractivity contribution >= 4 is 21.6 Å². The van der Waals surface area contributed by atoms with Crippen LogP contribution in [0, 0.1) is 5.82 Å². The van der Waals surface area contributed by atoms with Crippen molar-refractivity contribution < 1.29 is 17.6 Å². The highest BCUT2D eigenvalue weighted by atomic mass is 32.2. The molecule has 1 heterocycles. The van der Waals surface area contributed by atoms with Crippen molar-refractivity contribution in [1.82, 2.24) is 4.72 Å². The summed E-state index contributed by atoms with van der Waals surface area (Å²) in [6, 6.07) is 13.7. The van der Waals surface area contributed by atoms with Crippen molar-refractivity contribution in [3.05, 3.63) is 66.0 Å². The summed E-state index contributed by atoms with van der Waals surface area (Å²) in [6.45, 7) is 0.454. The van der Waals surface area contributed by atoms with Crippen molar-refractivity contribution in [3.63, 3.8) is 0 Å². The number of halogens is 1. The number of hydrogen-bond acceptors (Lipinski definition) is 3. The number of sulfonamides is 1. The Labute approximate surface area is 140 Å². The molecule has 7 heteroatoms. The first kappa shape index (κ1) is 16.6. The summed E-state index contributed by atoms with van der Waals surface area (Å²) >= 11 is 0. The van der Waals surface area contributed by atoms with Crippen LogP contribution in [-0.4, -0.2) is 26.9 Å². The van der Waals surface area contributed by atoms with Gasteiger partial charge in [0.1, 0.15) is 11.9 Å². The Bertz CT molecular complexity index is 840. The third-order valence-electron chi connectivity index (χ3n) is 3.84. The van der Waals surface area contributed by atoms with Gasteiger partial charge in [-0.3, -0.25) is 4.79 Å². The second-order valence-electron chi connectivity index (χ2n) is 5.67. The lowest BCUT2D eigenvalue weighted by Gasteiger charge is -2.17. The van der Waals surface area contributed by atoms with Crippen LogP contribution in [0.3, 0.4) is 0 Å². The molecule has 2 aromatic rings. The van der Waals surface area contributed by atoms with Gasteiger partial charge in [-0.2, -0.15) is 0 Å². The molecular weight excluding hydrogens is 331 g/mol. The molecule has 0 bridgehead atoms. The number of nitrogens with zero attached hydrogens (tertiary/aromatic N) is 1. The van der Waals surface area contributed by atoms with E-state index in [1.54, 1.807) is 4.90 Å². The first-order valence-electron chi connectivity index (χ1n) is 7.55. The van der Waals surface area contributed by atoms with Crippen molar-refractivity contribution in [2.45, 2.75) is 18.2 Å². The van der Waals surface area contributed by atoms with E-state index in [2.05, 4.69) is 4.72 Å². The minimum Gasteiger partial charge on any atom is -0.311 e. The normalized spacial score (nSPS) is 18.1. The molecule has 5 nitrogen and oxygen atoms in total. The number of nitrogens with one attached hydrogen (secondary N) is 1. The lowest BCUT2D eigenvalue weighted by molar-refractivity contribution is -0.118. The van der Waals surface area contributed by atoms with Crippen LogP contribution >= 0.6 is 0 Å². The van der Waals surface area contributed by atoms with E-state index in [4.69, 9.17) is 0 Å². The number of benzene rings is 2. The van der Waals surface area contributed by atoms with Crippen molar-refractivity contribution in [2.75, 3.05) is 11.4 Å². The zero-order valence-electron chi connectivity index (χ0n) is 12.9. The molecule has 1 atom stereocenters. The fourth-order valence-electron chi connectivity index (χ4n) is 2.76. The summed E-state index contributed by atoms with van der Waals surface area (Å²) in [5.74, 6) is -1.13. The number of amides is 1. The summed E-state index contributed by atoms with van der Waals surface area (Å²) in [6.07, 6.45) is 0.399. The molecule has 3 rings (SSSR count). The Morgan fingerprint density at radius 1 is 1.12 bits per heavy atom. The maximum Gasteiger partial charge on any atom is 0.245 e. The average Bonchev–Trinajstić information content (AvgIpc) is 2.88. The van der Waals surface area contributed by atoms with Crippen LogP contribution in [0.1, 0.15) is 12.0 Å². The maximum atomic E-state index is 13.2. The number of carbonyl (C=O) groups is 1. The van der Waals surface area contributed by atoms with Crippen LogP contribution in [-0.2, 0) is 20.6 Å². The molecule has 1 aliphatic rings. The van der Waals surface area contributed by atoms with E-state index in [1.807, 2.05) is 30.3 Å². The van der Waals surface area contributed by atoms with Gasteiger partial charge in [0, 0.05) is 12.2 Å². The van der Waals surface area contributed by atoms with Crippen LogP contribution in [0.15, 0.2) is 54.6 Å². The second kappa shape index (κ2) is 6.70. The topological polar surface area (TPSA) is 66.5 Å². The summed E-state index contributed by atoms with van der Waals surface area (Å²) in [5.41, 5.74) is 1.09. The molecule has 1 saturated heterocycles. The standard InChI is InChI=1S/C17H17FN2O3S/c18-14-6-4-5-13(11-14)12-24(22,23)19-16-9-10-20(17(16)21)15-7-2-1-3-8-15/h1-8,11,16,19H,9-10,12H2/t16-/m1/s1. The highest BCUT2D eigenvalue weighted by molar-refractivity contribution is 7.88. The molecule has 2 aromatic carbocycles. The minimum absolute atomic E-state index is 0.274. The van der Waals surface area contributed by atoms with Crippen LogP contribution in [0.4, 0.5) is 10.1 Å². The predicted molar refractivity (Wildman–Crippen MR) is 89.4 cm³/mol. The monoisotopic (exact) mass is 348 g/mol. The number of carbonyl (C=O) groups excluding carboxylic acids is 1. The van der Waals surface area contributed by atoms with Gasteiger partial charge < -0.3 is 4.90 Å².